The first-order valence-electron chi connectivity index (χ1n) is 8.60. The second kappa shape index (κ2) is 9.11. The van der Waals surface area contributed by atoms with Gasteiger partial charge in [-0.1, -0.05) is 18.2 Å². The summed E-state index contributed by atoms with van der Waals surface area (Å²) in [5, 5.41) is 6.94. The maximum Gasteiger partial charge on any atom is 0.338 e. The minimum absolute atomic E-state index is 0.183. The number of carbonyl (C=O) groups is 3. The molecule has 0 aliphatic carbocycles. The number of thiophene rings is 1. The Morgan fingerprint density at radius 3 is 2.52 bits per heavy atom. The van der Waals surface area contributed by atoms with Crippen molar-refractivity contribution >= 4 is 40.5 Å². The summed E-state index contributed by atoms with van der Waals surface area (Å²) >= 11 is 1.30. The Balaban J connectivity index is 1.55. The third kappa shape index (κ3) is 5.49. The molecule has 0 fully saturated rings. The molecule has 6 nitrogen and oxygen atoms in total. The number of halogens is 1. The molecule has 0 atom stereocenters. The SMILES string of the molecule is Cc1ccc(NC(=O)COC(=O)c2cccc(NC(=O)c3cccs3)c2)cc1F. The molecule has 0 aliphatic rings. The number of amides is 2. The Labute approximate surface area is 170 Å². The molecule has 0 bridgehead atoms. The highest BCUT2D eigenvalue weighted by molar-refractivity contribution is 7.12. The van der Waals surface area contributed by atoms with E-state index in [9.17, 15) is 18.8 Å². The molecule has 8 heteroatoms. The second-order valence-electron chi connectivity index (χ2n) is 6.10. The number of esters is 1. The molecule has 2 amide bonds. The molecule has 0 unspecified atom stereocenters. The Morgan fingerprint density at radius 1 is 1.00 bits per heavy atom. The number of ether oxygens (including phenoxy) is 1. The monoisotopic (exact) mass is 412 g/mol. The van der Waals surface area contributed by atoms with Gasteiger partial charge in [0.1, 0.15) is 5.82 Å². The molecule has 0 spiro atoms. The average molecular weight is 412 g/mol. The van der Waals surface area contributed by atoms with Crippen LogP contribution in [0.15, 0.2) is 60.0 Å². The van der Waals surface area contributed by atoms with Gasteiger partial charge in [-0.2, -0.15) is 0 Å². The third-order valence-electron chi connectivity index (χ3n) is 3.89. The van der Waals surface area contributed by atoms with Crippen molar-refractivity contribution in [2.75, 3.05) is 17.2 Å². The van der Waals surface area contributed by atoms with Crippen LogP contribution in [-0.2, 0) is 9.53 Å². The predicted molar refractivity (Wildman–Crippen MR) is 109 cm³/mol. The summed E-state index contributed by atoms with van der Waals surface area (Å²) in [6, 6.07) is 13.9. The predicted octanol–water partition coefficient (Wildman–Crippen LogP) is 4.24. The zero-order chi connectivity index (χ0) is 20.8. The molecule has 0 radical (unpaired) electrons. The number of benzene rings is 2. The van der Waals surface area contributed by atoms with Crippen molar-refractivity contribution in [3.63, 3.8) is 0 Å². The summed E-state index contributed by atoms with van der Waals surface area (Å²) < 4.78 is 18.5. The molecular formula is C21H17FN2O4S. The highest BCUT2D eigenvalue weighted by Crippen LogP contribution is 2.16. The van der Waals surface area contributed by atoms with E-state index >= 15 is 0 Å². The van der Waals surface area contributed by atoms with E-state index in [2.05, 4.69) is 10.6 Å². The smallest absolute Gasteiger partial charge is 0.338 e. The lowest BCUT2D eigenvalue weighted by molar-refractivity contribution is -0.119. The summed E-state index contributed by atoms with van der Waals surface area (Å²) in [5.74, 6) is -2.04. The Bertz CT molecular complexity index is 1050. The Hall–Kier alpha value is -3.52. The third-order valence-corrected chi connectivity index (χ3v) is 4.76. The van der Waals surface area contributed by atoms with Crippen LogP contribution in [0.5, 0.6) is 0 Å². The van der Waals surface area contributed by atoms with Crippen LogP contribution in [0.2, 0.25) is 0 Å². The second-order valence-corrected chi connectivity index (χ2v) is 7.05. The fraction of sp³-hybridized carbons (Fsp3) is 0.0952. The lowest BCUT2D eigenvalue weighted by atomic mass is 10.2. The molecular weight excluding hydrogens is 395 g/mol. The maximum atomic E-state index is 13.5. The molecule has 148 valence electrons. The molecule has 0 aliphatic heterocycles. The van der Waals surface area contributed by atoms with Gasteiger partial charge in [-0.15, -0.1) is 11.3 Å². The van der Waals surface area contributed by atoms with Gasteiger partial charge in [-0.3, -0.25) is 9.59 Å². The zero-order valence-electron chi connectivity index (χ0n) is 15.4. The highest BCUT2D eigenvalue weighted by Gasteiger charge is 2.13. The molecule has 29 heavy (non-hydrogen) atoms. The van der Waals surface area contributed by atoms with Crippen LogP contribution in [-0.4, -0.2) is 24.4 Å². The zero-order valence-corrected chi connectivity index (χ0v) is 16.2. The van der Waals surface area contributed by atoms with E-state index in [0.29, 0.717) is 16.1 Å². The van der Waals surface area contributed by atoms with Gasteiger partial charge in [-0.25, -0.2) is 9.18 Å². The first kappa shape index (κ1) is 20.2. The van der Waals surface area contributed by atoms with Crippen LogP contribution in [0, 0.1) is 12.7 Å². The Morgan fingerprint density at radius 2 is 1.79 bits per heavy atom. The molecule has 2 aromatic carbocycles. The van der Waals surface area contributed by atoms with Crippen LogP contribution in [0.1, 0.15) is 25.6 Å². The van der Waals surface area contributed by atoms with Crippen molar-refractivity contribution in [2.24, 2.45) is 0 Å². The van der Waals surface area contributed by atoms with Crippen molar-refractivity contribution in [3.8, 4) is 0 Å². The van der Waals surface area contributed by atoms with E-state index in [4.69, 9.17) is 4.74 Å². The van der Waals surface area contributed by atoms with Crippen LogP contribution in [0.25, 0.3) is 0 Å². The van der Waals surface area contributed by atoms with Gasteiger partial charge in [0.05, 0.1) is 10.4 Å². The van der Waals surface area contributed by atoms with E-state index < -0.39 is 24.3 Å². The van der Waals surface area contributed by atoms with Crippen molar-refractivity contribution < 1.29 is 23.5 Å². The fourth-order valence-electron chi connectivity index (χ4n) is 2.41. The van der Waals surface area contributed by atoms with Gasteiger partial charge in [0, 0.05) is 11.4 Å². The van der Waals surface area contributed by atoms with Crippen LogP contribution >= 0.6 is 11.3 Å². The summed E-state index contributed by atoms with van der Waals surface area (Å²) in [7, 11) is 0. The van der Waals surface area contributed by atoms with Gasteiger partial charge < -0.3 is 15.4 Å². The molecule has 1 aromatic heterocycles. The van der Waals surface area contributed by atoms with Crippen molar-refractivity contribution in [3.05, 3.63) is 81.8 Å². The van der Waals surface area contributed by atoms with Gasteiger partial charge in [0.15, 0.2) is 6.61 Å². The minimum Gasteiger partial charge on any atom is -0.452 e. The van der Waals surface area contributed by atoms with Crippen LogP contribution < -0.4 is 10.6 Å². The number of aryl methyl sites for hydroxylation is 1. The quantitative estimate of drug-likeness (QED) is 0.593. The van der Waals surface area contributed by atoms with E-state index in [1.54, 1.807) is 42.6 Å². The normalized spacial score (nSPS) is 10.3. The first-order valence-corrected chi connectivity index (χ1v) is 9.48. The molecule has 1 heterocycles. The van der Waals surface area contributed by atoms with E-state index in [-0.39, 0.29) is 17.2 Å². The summed E-state index contributed by atoms with van der Waals surface area (Å²) in [4.78, 5) is 36.8. The Kier molecular flexibility index (Phi) is 6.36. The molecule has 0 saturated heterocycles. The van der Waals surface area contributed by atoms with E-state index in [0.717, 1.165) is 0 Å². The summed E-state index contributed by atoms with van der Waals surface area (Å²) in [6.45, 7) is 1.08. The molecule has 3 aromatic rings. The number of anilines is 2. The largest absolute Gasteiger partial charge is 0.452 e. The minimum atomic E-state index is -0.720. The summed E-state index contributed by atoms with van der Waals surface area (Å²) in [6.07, 6.45) is 0. The van der Waals surface area contributed by atoms with E-state index in [1.807, 2.05) is 0 Å². The summed E-state index contributed by atoms with van der Waals surface area (Å²) in [5.41, 5.74) is 1.34. The molecule has 3 rings (SSSR count). The van der Waals surface area contributed by atoms with Crippen molar-refractivity contribution in [2.45, 2.75) is 6.92 Å². The number of hydrogen-bond donors (Lipinski definition) is 2. The molecule has 2 N–H and O–H groups in total. The highest BCUT2D eigenvalue weighted by atomic mass is 32.1. The van der Waals surface area contributed by atoms with Crippen LogP contribution in [0.4, 0.5) is 15.8 Å². The van der Waals surface area contributed by atoms with Gasteiger partial charge >= 0.3 is 5.97 Å². The lowest BCUT2D eigenvalue weighted by Gasteiger charge is -2.09. The maximum absolute atomic E-state index is 13.5. The topological polar surface area (TPSA) is 84.5 Å². The molecule has 0 saturated carbocycles. The van der Waals surface area contributed by atoms with Gasteiger partial charge in [-0.05, 0) is 54.3 Å². The van der Waals surface area contributed by atoms with Crippen molar-refractivity contribution in [1.82, 2.24) is 0 Å². The first-order chi connectivity index (χ1) is 13.9. The number of nitrogens with one attached hydrogen (secondary N) is 2. The van der Waals surface area contributed by atoms with Crippen molar-refractivity contribution in [1.29, 1.82) is 0 Å². The van der Waals surface area contributed by atoms with E-state index in [1.165, 1.54) is 35.6 Å². The number of hydrogen-bond acceptors (Lipinski definition) is 5. The number of carbonyl (C=O) groups excluding carboxylic acids is 3. The van der Waals surface area contributed by atoms with Gasteiger partial charge in [0.2, 0.25) is 0 Å². The average Bonchev–Trinajstić information content (AvgIpc) is 3.24. The van der Waals surface area contributed by atoms with Crippen LogP contribution in [0.3, 0.4) is 0 Å². The number of rotatable bonds is 6. The van der Waals surface area contributed by atoms with Gasteiger partial charge in [0.25, 0.3) is 11.8 Å². The standard InChI is InChI=1S/C21H17FN2O4S/c1-13-7-8-16(11-17(13)22)23-19(25)12-28-21(27)14-4-2-5-15(10-14)24-20(26)18-6-3-9-29-18/h2-11H,12H2,1H3,(H,23,25)(H,24,26). The lowest BCUT2D eigenvalue weighted by Crippen LogP contribution is -2.21. The fourth-order valence-corrected chi connectivity index (χ4v) is 3.03.